The van der Waals surface area contributed by atoms with Gasteiger partial charge in [0.15, 0.2) is 6.10 Å². The first kappa shape index (κ1) is 73.5. The molecule has 0 radical (unpaired) electrons. The number of ether oxygens (including phenoxy) is 3. The monoisotopic (exact) mass is 1080 g/mol. The first-order chi connectivity index (χ1) is 39.0. The van der Waals surface area contributed by atoms with E-state index in [1.165, 1.54) is 25.7 Å². The molecule has 0 aliphatic rings. The van der Waals surface area contributed by atoms with E-state index in [1.54, 1.807) is 0 Å². The molecular weight excluding hydrogens is 973 g/mol. The molecule has 6 nitrogen and oxygen atoms in total. The number of hydrogen-bond donors (Lipinski definition) is 0. The Morgan fingerprint density at radius 3 is 0.785 bits per heavy atom. The lowest BCUT2D eigenvalue weighted by Crippen LogP contribution is -2.30. The van der Waals surface area contributed by atoms with E-state index in [-0.39, 0.29) is 37.5 Å². The second-order valence-electron chi connectivity index (χ2n) is 19.9. The third kappa shape index (κ3) is 63.2. The first-order valence-corrected chi connectivity index (χ1v) is 31.3. The van der Waals surface area contributed by atoms with Crippen LogP contribution in [0.15, 0.2) is 182 Å². The summed E-state index contributed by atoms with van der Waals surface area (Å²) in [5.41, 5.74) is 0. The third-order valence-electron chi connectivity index (χ3n) is 12.4. The van der Waals surface area contributed by atoms with E-state index in [2.05, 4.69) is 203 Å². The van der Waals surface area contributed by atoms with Crippen LogP contribution in [0.5, 0.6) is 0 Å². The van der Waals surface area contributed by atoms with Crippen LogP contribution in [0.3, 0.4) is 0 Å². The summed E-state index contributed by atoms with van der Waals surface area (Å²) in [6, 6.07) is 0. The van der Waals surface area contributed by atoms with Gasteiger partial charge in [0.25, 0.3) is 0 Å². The minimum atomic E-state index is -0.814. The molecule has 0 saturated carbocycles. The van der Waals surface area contributed by atoms with Crippen LogP contribution in [-0.2, 0) is 28.6 Å². The molecule has 79 heavy (non-hydrogen) atoms. The molecule has 0 heterocycles. The average molecular weight is 1090 g/mol. The highest BCUT2D eigenvalue weighted by atomic mass is 16.6. The number of rotatable bonds is 54. The topological polar surface area (TPSA) is 78.9 Å². The molecular formula is C73H112O6. The smallest absolute Gasteiger partial charge is 0.306 e. The maximum Gasteiger partial charge on any atom is 0.306 e. The molecule has 1 unspecified atom stereocenters. The maximum atomic E-state index is 12.8. The van der Waals surface area contributed by atoms with Crippen LogP contribution in [-0.4, -0.2) is 37.2 Å². The van der Waals surface area contributed by atoms with E-state index < -0.39 is 6.10 Å². The van der Waals surface area contributed by atoms with Crippen molar-refractivity contribution in [3.63, 3.8) is 0 Å². The summed E-state index contributed by atoms with van der Waals surface area (Å²) in [7, 11) is 0. The Morgan fingerprint density at radius 2 is 0.494 bits per heavy atom. The molecule has 0 bridgehead atoms. The molecule has 440 valence electrons. The van der Waals surface area contributed by atoms with Crippen LogP contribution in [0.1, 0.15) is 239 Å². The van der Waals surface area contributed by atoms with Gasteiger partial charge in [-0.1, -0.05) is 261 Å². The van der Waals surface area contributed by atoms with Gasteiger partial charge in [0, 0.05) is 19.3 Å². The second-order valence-corrected chi connectivity index (χ2v) is 19.9. The van der Waals surface area contributed by atoms with Crippen molar-refractivity contribution >= 4 is 17.9 Å². The Labute approximate surface area is 484 Å². The van der Waals surface area contributed by atoms with Crippen molar-refractivity contribution in [2.75, 3.05) is 13.2 Å². The van der Waals surface area contributed by atoms with Gasteiger partial charge in [-0.05, 0) is 141 Å². The van der Waals surface area contributed by atoms with Crippen LogP contribution in [0.4, 0.5) is 0 Å². The van der Waals surface area contributed by atoms with Gasteiger partial charge in [-0.25, -0.2) is 0 Å². The summed E-state index contributed by atoms with van der Waals surface area (Å²) in [4.78, 5) is 38.0. The van der Waals surface area contributed by atoms with E-state index in [9.17, 15) is 14.4 Å². The number of hydrogen-bond acceptors (Lipinski definition) is 6. The van der Waals surface area contributed by atoms with Crippen LogP contribution < -0.4 is 0 Å². The minimum Gasteiger partial charge on any atom is -0.462 e. The van der Waals surface area contributed by atoms with Gasteiger partial charge >= 0.3 is 17.9 Å². The van der Waals surface area contributed by atoms with E-state index in [4.69, 9.17) is 14.2 Å². The average Bonchev–Trinajstić information content (AvgIpc) is 3.45. The Bertz CT molecular complexity index is 1870. The van der Waals surface area contributed by atoms with Crippen molar-refractivity contribution in [1.82, 2.24) is 0 Å². The normalized spacial score (nSPS) is 13.4. The summed E-state index contributed by atoms with van der Waals surface area (Å²) in [5, 5.41) is 0. The molecule has 0 aromatic carbocycles. The Morgan fingerprint density at radius 1 is 0.266 bits per heavy atom. The van der Waals surface area contributed by atoms with Gasteiger partial charge in [-0.3, -0.25) is 14.4 Å². The number of carbonyl (C=O) groups is 3. The fraction of sp³-hybridized carbons (Fsp3) is 0.548. The van der Waals surface area contributed by atoms with Gasteiger partial charge in [-0.15, -0.1) is 0 Å². The van der Waals surface area contributed by atoms with E-state index in [0.29, 0.717) is 12.8 Å². The van der Waals surface area contributed by atoms with Gasteiger partial charge in [0.05, 0.1) is 0 Å². The summed E-state index contributed by atoms with van der Waals surface area (Å²) in [6.45, 7) is 6.30. The quantitative estimate of drug-likeness (QED) is 0.0261. The zero-order valence-electron chi connectivity index (χ0n) is 50.3. The molecule has 0 aromatic heterocycles. The zero-order valence-corrected chi connectivity index (χ0v) is 50.3. The lowest BCUT2D eigenvalue weighted by Gasteiger charge is -2.18. The van der Waals surface area contributed by atoms with Crippen LogP contribution in [0.2, 0.25) is 0 Å². The van der Waals surface area contributed by atoms with Gasteiger partial charge in [0.2, 0.25) is 0 Å². The molecule has 1 atom stereocenters. The molecule has 0 aromatic rings. The largest absolute Gasteiger partial charge is 0.462 e. The predicted molar refractivity (Wildman–Crippen MR) is 343 cm³/mol. The van der Waals surface area contributed by atoms with Crippen molar-refractivity contribution < 1.29 is 28.6 Å². The number of carbonyl (C=O) groups excluding carboxylic acids is 3. The minimum absolute atomic E-state index is 0.108. The molecule has 0 saturated heterocycles. The lowest BCUT2D eigenvalue weighted by molar-refractivity contribution is -0.167. The van der Waals surface area contributed by atoms with E-state index in [0.717, 1.165) is 173 Å². The molecule has 6 heteroatoms. The second kappa shape index (κ2) is 65.0. The highest BCUT2D eigenvalue weighted by Gasteiger charge is 2.19. The summed E-state index contributed by atoms with van der Waals surface area (Å²) in [5.74, 6) is -0.984. The first-order valence-electron chi connectivity index (χ1n) is 31.3. The van der Waals surface area contributed by atoms with Crippen molar-refractivity contribution in [1.29, 1.82) is 0 Å². The van der Waals surface area contributed by atoms with Crippen LogP contribution >= 0.6 is 0 Å². The number of allylic oxidation sites excluding steroid dienone is 30. The molecule has 0 fully saturated rings. The van der Waals surface area contributed by atoms with E-state index in [1.807, 2.05) is 0 Å². The lowest BCUT2D eigenvalue weighted by atomic mass is 10.1. The van der Waals surface area contributed by atoms with Crippen molar-refractivity contribution in [3.8, 4) is 0 Å². The van der Waals surface area contributed by atoms with Crippen LogP contribution in [0, 0.1) is 0 Å². The highest BCUT2D eigenvalue weighted by Crippen LogP contribution is 2.13. The summed E-state index contributed by atoms with van der Waals surface area (Å²) >= 11 is 0. The molecule has 0 amide bonds. The summed E-state index contributed by atoms with van der Waals surface area (Å²) < 4.78 is 16.8. The fourth-order valence-electron chi connectivity index (χ4n) is 7.79. The Hall–Kier alpha value is -5.49. The molecule has 0 spiro atoms. The summed E-state index contributed by atoms with van der Waals surface area (Å²) in [6.07, 6.45) is 97.7. The molecule has 0 rings (SSSR count). The standard InChI is InChI=1S/C73H112O6/c1-4-7-10-13-16-18-20-22-24-26-28-30-32-33-34-35-36-37-38-39-41-42-44-46-48-50-52-54-57-60-63-66-72(75)78-69-70(68-77-71(74)65-62-59-56-15-12-9-6-3)79-73(76)67-64-61-58-55-53-51-49-47-45-43-40-31-29-27-25-23-21-19-17-14-11-8-5-2/h7-8,10-11,16-19,22-25,28-31,33-34,36-37,39,41,43-46,49-52,70H,4-6,9,12-15,20-21,26-27,32,35,38,40,42,47-48,53-69H2,1-3H3/b10-7-,11-8-,18-16-,19-17-,24-22-,25-23-,30-28-,31-29-,34-33-,37-36-,41-39-,45-43-,46-44-,51-49-,52-50-. The van der Waals surface area contributed by atoms with Gasteiger partial charge < -0.3 is 14.2 Å². The van der Waals surface area contributed by atoms with Gasteiger partial charge in [-0.2, -0.15) is 0 Å². The Balaban J connectivity index is 4.33. The number of esters is 3. The molecule has 0 aliphatic heterocycles. The van der Waals surface area contributed by atoms with E-state index >= 15 is 0 Å². The fourth-order valence-corrected chi connectivity index (χ4v) is 7.79. The molecule has 0 N–H and O–H groups in total. The zero-order chi connectivity index (χ0) is 57.1. The molecule has 0 aliphatic carbocycles. The predicted octanol–water partition coefficient (Wildman–Crippen LogP) is 21.7. The SMILES string of the molecule is CC/C=C\C/C=C\C/C=C\C/C=C\C/C=C\C/C=C\C/C=C\C/C=C\C/C=C\CCCCCC(=O)OCC(COC(=O)CCCCCCCCC)OC(=O)CCCCCC/C=C\C/C=C\C/C=C\C/C=C\C/C=C\C/C=C\CC. The number of unbranched alkanes of at least 4 members (excludes halogenated alkanes) is 13. The van der Waals surface area contributed by atoms with Crippen molar-refractivity contribution in [2.45, 2.75) is 245 Å². The third-order valence-corrected chi connectivity index (χ3v) is 12.4. The Kier molecular flexibility index (Phi) is 60.5. The highest BCUT2D eigenvalue weighted by molar-refractivity contribution is 5.71. The van der Waals surface area contributed by atoms with Crippen molar-refractivity contribution in [2.24, 2.45) is 0 Å². The van der Waals surface area contributed by atoms with Crippen LogP contribution in [0.25, 0.3) is 0 Å². The van der Waals surface area contributed by atoms with Crippen molar-refractivity contribution in [3.05, 3.63) is 182 Å². The maximum absolute atomic E-state index is 12.8. The van der Waals surface area contributed by atoms with Gasteiger partial charge in [0.1, 0.15) is 13.2 Å².